The van der Waals surface area contributed by atoms with E-state index in [9.17, 15) is 13.2 Å². The molecule has 7 heteroatoms. The average molecular weight is 341 g/mol. The smallest absolute Gasteiger partial charge is 0.251 e. The van der Waals surface area contributed by atoms with Gasteiger partial charge in [0.25, 0.3) is 5.91 Å². The fraction of sp³-hybridized carbons (Fsp3) is 0.562. The molecule has 0 bridgehead atoms. The molecule has 0 aromatic heterocycles. The molecule has 0 aliphatic rings. The molecule has 0 atom stereocenters. The van der Waals surface area contributed by atoms with Crippen LogP contribution in [0, 0.1) is 0 Å². The first-order valence-electron chi connectivity index (χ1n) is 7.86. The van der Waals surface area contributed by atoms with Crippen LogP contribution in [0.3, 0.4) is 0 Å². The van der Waals surface area contributed by atoms with Gasteiger partial charge in [0.2, 0.25) is 10.0 Å². The molecule has 1 rings (SSSR count). The third kappa shape index (κ3) is 5.60. The molecule has 1 amide bonds. The highest BCUT2D eigenvalue weighted by Crippen LogP contribution is 2.16. The average Bonchev–Trinajstić information content (AvgIpc) is 2.52. The molecular formula is C16H27N3O3S. The number of rotatable bonds is 9. The molecule has 1 aromatic rings. The van der Waals surface area contributed by atoms with E-state index < -0.39 is 10.0 Å². The topological polar surface area (TPSA) is 69.7 Å². The van der Waals surface area contributed by atoms with Gasteiger partial charge in [-0.3, -0.25) is 4.79 Å². The minimum atomic E-state index is -3.48. The van der Waals surface area contributed by atoms with Crippen molar-refractivity contribution in [3.8, 4) is 0 Å². The molecule has 0 fully saturated rings. The van der Waals surface area contributed by atoms with E-state index >= 15 is 0 Å². The summed E-state index contributed by atoms with van der Waals surface area (Å²) in [5.74, 6) is -0.185. The van der Waals surface area contributed by atoms with E-state index in [1.807, 2.05) is 14.1 Å². The number of benzene rings is 1. The predicted molar refractivity (Wildman–Crippen MR) is 92.1 cm³/mol. The Bertz CT molecular complexity index is 594. The maximum atomic E-state index is 12.4. The van der Waals surface area contributed by atoms with Crippen molar-refractivity contribution >= 4 is 15.9 Å². The SMILES string of the molecule is CCN(CC)S(=O)(=O)c1ccc(C(=O)NCCCN(C)C)cc1. The maximum Gasteiger partial charge on any atom is 0.251 e. The molecule has 0 radical (unpaired) electrons. The normalized spacial score (nSPS) is 11.9. The summed E-state index contributed by atoms with van der Waals surface area (Å²) in [4.78, 5) is 14.3. The Morgan fingerprint density at radius 3 is 2.13 bits per heavy atom. The first-order valence-corrected chi connectivity index (χ1v) is 9.30. The Labute approximate surface area is 139 Å². The number of nitrogens with one attached hydrogen (secondary N) is 1. The van der Waals surface area contributed by atoms with Crippen LogP contribution in [0.2, 0.25) is 0 Å². The minimum absolute atomic E-state index is 0.185. The Balaban J connectivity index is 2.71. The first-order chi connectivity index (χ1) is 10.8. The maximum absolute atomic E-state index is 12.4. The van der Waals surface area contributed by atoms with Gasteiger partial charge in [0.1, 0.15) is 0 Å². The van der Waals surface area contributed by atoms with Gasteiger partial charge in [-0.05, 0) is 51.3 Å². The molecule has 0 saturated carbocycles. The zero-order valence-electron chi connectivity index (χ0n) is 14.4. The summed E-state index contributed by atoms with van der Waals surface area (Å²) in [6.07, 6.45) is 0.868. The van der Waals surface area contributed by atoms with Crippen LogP contribution in [0.15, 0.2) is 29.2 Å². The summed E-state index contributed by atoms with van der Waals surface area (Å²) in [5, 5.41) is 2.83. The Morgan fingerprint density at radius 2 is 1.65 bits per heavy atom. The summed E-state index contributed by atoms with van der Waals surface area (Å²) < 4.78 is 26.1. The van der Waals surface area contributed by atoms with Crippen molar-refractivity contribution in [2.45, 2.75) is 25.2 Å². The molecule has 0 aliphatic carbocycles. The van der Waals surface area contributed by atoms with Gasteiger partial charge in [-0.25, -0.2) is 8.42 Å². The number of hydrogen-bond acceptors (Lipinski definition) is 4. The lowest BCUT2D eigenvalue weighted by molar-refractivity contribution is 0.0952. The van der Waals surface area contributed by atoms with E-state index in [2.05, 4.69) is 10.2 Å². The van der Waals surface area contributed by atoms with Gasteiger partial charge in [0.15, 0.2) is 0 Å². The van der Waals surface area contributed by atoms with Gasteiger partial charge >= 0.3 is 0 Å². The van der Waals surface area contributed by atoms with Crippen LogP contribution in [-0.4, -0.2) is 63.8 Å². The standard InChI is InChI=1S/C16H27N3O3S/c1-5-19(6-2)23(21,22)15-10-8-14(9-11-15)16(20)17-12-7-13-18(3)4/h8-11H,5-7,12-13H2,1-4H3,(H,17,20). The zero-order chi connectivity index (χ0) is 17.5. The summed E-state index contributed by atoms with van der Waals surface area (Å²) in [6.45, 7) is 5.95. The largest absolute Gasteiger partial charge is 0.352 e. The number of carbonyl (C=O) groups is 1. The van der Waals surface area contributed by atoms with Gasteiger partial charge in [-0.15, -0.1) is 0 Å². The third-order valence-electron chi connectivity index (χ3n) is 3.53. The molecule has 0 spiro atoms. The fourth-order valence-corrected chi connectivity index (χ4v) is 3.65. The number of nitrogens with zero attached hydrogens (tertiary/aromatic N) is 2. The molecule has 130 valence electrons. The Morgan fingerprint density at radius 1 is 1.09 bits per heavy atom. The molecule has 1 N–H and O–H groups in total. The first kappa shape index (κ1) is 19.6. The van der Waals surface area contributed by atoms with Crippen LogP contribution >= 0.6 is 0 Å². The molecule has 0 saturated heterocycles. The van der Waals surface area contributed by atoms with E-state index in [0.29, 0.717) is 25.2 Å². The minimum Gasteiger partial charge on any atom is -0.352 e. The van der Waals surface area contributed by atoms with E-state index in [0.717, 1.165) is 13.0 Å². The van der Waals surface area contributed by atoms with Crippen LogP contribution < -0.4 is 5.32 Å². The van der Waals surface area contributed by atoms with Crippen molar-refractivity contribution in [2.24, 2.45) is 0 Å². The molecule has 0 heterocycles. The molecule has 0 unspecified atom stereocenters. The van der Waals surface area contributed by atoms with Crippen LogP contribution in [0.25, 0.3) is 0 Å². The van der Waals surface area contributed by atoms with Gasteiger partial charge in [-0.1, -0.05) is 13.8 Å². The van der Waals surface area contributed by atoms with Crippen LogP contribution in [0.4, 0.5) is 0 Å². The van der Waals surface area contributed by atoms with Gasteiger partial charge in [0.05, 0.1) is 4.90 Å². The van der Waals surface area contributed by atoms with Crippen LogP contribution in [0.1, 0.15) is 30.6 Å². The van der Waals surface area contributed by atoms with E-state index in [1.54, 1.807) is 26.0 Å². The van der Waals surface area contributed by atoms with Gasteiger partial charge in [0, 0.05) is 25.2 Å². The molecule has 1 aromatic carbocycles. The lowest BCUT2D eigenvalue weighted by Crippen LogP contribution is -2.30. The fourth-order valence-electron chi connectivity index (χ4n) is 2.19. The van der Waals surface area contributed by atoms with E-state index in [1.165, 1.54) is 16.4 Å². The number of hydrogen-bond donors (Lipinski definition) is 1. The second-order valence-electron chi connectivity index (χ2n) is 5.53. The Hall–Kier alpha value is -1.44. The Kier molecular flexibility index (Phi) is 7.67. The highest BCUT2D eigenvalue weighted by atomic mass is 32.2. The van der Waals surface area contributed by atoms with Gasteiger partial charge in [-0.2, -0.15) is 4.31 Å². The number of sulfonamides is 1. The predicted octanol–water partition coefficient (Wildman–Crippen LogP) is 1.40. The summed E-state index contributed by atoms with van der Waals surface area (Å²) in [7, 11) is 0.488. The van der Waals surface area contributed by atoms with Crippen molar-refractivity contribution in [1.82, 2.24) is 14.5 Å². The summed E-state index contributed by atoms with van der Waals surface area (Å²) in [5.41, 5.74) is 0.466. The summed E-state index contributed by atoms with van der Waals surface area (Å²) >= 11 is 0. The van der Waals surface area contributed by atoms with Crippen molar-refractivity contribution < 1.29 is 13.2 Å². The molecule has 0 aliphatic heterocycles. The van der Waals surface area contributed by atoms with E-state index in [4.69, 9.17) is 0 Å². The number of carbonyl (C=O) groups excluding carboxylic acids is 1. The third-order valence-corrected chi connectivity index (χ3v) is 5.59. The monoisotopic (exact) mass is 341 g/mol. The highest BCUT2D eigenvalue weighted by molar-refractivity contribution is 7.89. The molecule has 6 nitrogen and oxygen atoms in total. The van der Waals surface area contributed by atoms with Crippen LogP contribution in [0.5, 0.6) is 0 Å². The second-order valence-corrected chi connectivity index (χ2v) is 7.46. The lowest BCUT2D eigenvalue weighted by Gasteiger charge is -2.18. The van der Waals surface area contributed by atoms with Crippen molar-refractivity contribution in [3.05, 3.63) is 29.8 Å². The van der Waals surface area contributed by atoms with Crippen molar-refractivity contribution in [2.75, 3.05) is 40.3 Å². The van der Waals surface area contributed by atoms with E-state index in [-0.39, 0.29) is 10.8 Å². The molecule has 23 heavy (non-hydrogen) atoms. The summed E-state index contributed by atoms with van der Waals surface area (Å²) in [6, 6.07) is 6.08. The molecular weight excluding hydrogens is 314 g/mol. The highest BCUT2D eigenvalue weighted by Gasteiger charge is 2.21. The van der Waals surface area contributed by atoms with Crippen LogP contribution in [-0.2, 0) is 10.0 Å². The van der Waals surface area contributed by atoms with Gasteiger partial charge < -0.3 is 10.2 Å². The quantitative estimate of drug-likeness (QED) is 0.689. The lowest BCUT2D eigenvalue weighted by atomic mass is 10.2. The van der Waals surface area contributed by atoms with Crippen molar-refractivity contribution in [3.63, 3.8) is 0 Å². The zero-order valence-corrected chi connectivity index (χ0v) is 15.2. The van der Waals surface area contributed by atoms with Crippen molar-refractivity contribution in [1.29, 1.82) is 0 Å². The second kappa shape index (κ2) is 9.00. The number of amides is 1.